The molecule has 0 spiro atoms. The van der Waals surface area contributed by atoms with Crippen LogP contribution in [0.15, 0.2) is 30.3 Å². The van der Waals surface area contributed by atoms with E-state index in [9.17, 15) is 14.4 Å². The summed E-state index contributed by atoms with van der Waals surface area (Å²) in [4.78, 5) is 33.0. The van der Waals surface area contributed by atoms with Gasteiger partial charge in [0.25, 0.3) is 0 Å². The van der Waals surface area contributed by atoms with Gasteiger partial charge >= 0.3 is 0 Å². The van der Waals surface area contributed by atoms with Gasteiger partial charge in [-0.3, -0.25) is 14.4 Å². The first kappa shape index (κ1) is 12.3. The third-order valence-electron chi connectivity index (χ3n) is 2.29. The largest absolute Gasteiger partial charge is 0.299 e. The maximum absolute atomic E-state index is 11.4. The number of carbonyl (C=O) groups is 3. The van der Waals surface area contributed by atoms with Crippen molar-refractivity contribution in [3.63, 3.8) is 0 Å². The fraction of sp³-hybridized carbons (Fsp3) is 0.308. The van der Waals surface area contributed by atoms with Crippen molar-refractivity contribution in [1.29, 1.82) is 0 Å². The van der Waals surface area contributed by atoms with Gasteiger partial charge in [0.15, 0.2) is 5.78 Å². The van der Waals surface area contributed by atoms with Crippen molar-refractivity contribution in [1.82, 2.24) is 0 Å². The molecular formula is C13H14O3. The summed E-state index contributed by atoms with van der Waals surface area (Å²) < 4.78 is 0. The number of hydrogen-bond donors (Lipinski definition) is 0. The van der Waals surface area contributed by atoms with Crippen molar-refractivity contribution in [3.8, 4) is 0 Å². The highest BCUT2D eigenvalue weighted by atomic mass is 16.2. The Balaban J connectivity index is 2.36. The second-order valence-electron chi connectivity index (χ2n) is 3.68. The molecule has 1 rings (SSSR count). The summed E-state index contributed by atoms with van der Waals surface area (Å²) >= 11 is 0. The minimum Gasteiger partial charge on any atom is -0.299 e. The maximum atomic E-state index is 11.4. The molecule has 0 unspecified atom stereocenters. The van der Waals surface area contributed by atoms with Crippen molar-refractivity contribution in [2.24, 2.45) is 0 Å². The fourth-order valence-electron chi connectivity index (χ4n) is 1.32. The number of hydrogen-bond acceptors (Lipinski definition) is 3. The van der Waals surface area contributed by atoms with Gasteiger partial charge in [-0.1, -0.05) is 30.3 Å². The molecule has 0 radical (unpaired) electrons. The van der Waals surface area contributed by atoms with E-state index in [4.69, 9.17) is 0 Å². The van der Waals surface area contributed by atoms with Crippen LogP contribution in [0.5, 0.6) is 0 Å². The van der Waals surface area contributed by atoms with Crippen LogP contribution in [0.4, 0.5) is 0 Å². The van der Waals surface area contributed by atoms with Gasteiger partial charge in [0.05, 0.1) is 6.42 Å². The first-order chi connectivity index (χ1) is 7.59. The normalized spacial score (nSPS) is 9.81. The average molecular weight is 218 g/mol. The SMILES string of the molecule is CC(=O)C(=O)CC(=O)CCc1ccccc1. The molecule has 0 heterocycles. The Morgan fingerprint density at radius 3 is 2.25 bits per heavy atom. The first-order valence-electron chi connectivity index (χ1n) is 5.19. The molecule has 0 aliphatic heterocycles. The van der Waals surface area contributed by atoms with E-state index in [1.807, 2.05) is 30.3 Å². The molecule has 1 aromatic carbocycles. The minimum atomic E-state index is -0.599. The quantitative estimate of drug-likeness (QED) is 0.539. The monoisotopic (exact) mass is 218 g/mol. The zero-order chi connectivity index (χ0) is 12.0. The van der Waals surface area contributed by atoms with Crippen molar-refractivity contribution >= 4 is 17.3 Å². The molecule has 3 nitrogen and oxygen atoms in total. The number of Topliss-reactive ketones (excluding diaryl/α,β-unsaturated/α-hetero) is 3. The van der Waals surface area contributed by atoms with Gasteiger partial charge in [0.1, 0.15) is 5.78 Å². The highest BCUT2D eigenvalue weighted by Crippen LogP contribution is 2.04. The lowest BCUT2D eigenvalue weighted by atomic mass is 10.0. The van der Waals surface area contributed by atoms with Crippen molar-refractivity contribution in [3.05, 3.63) is 35.9 Å². The fourth-order valence-corrected chi connectivity index (χ4v) is 1.32. The molecular weight excluding hydrogens is 204 g/mol. The molecule has 0 saturated carbocycles. The first-order valence-corrected chi connectivity index (χ1v) is 5.19. The molecule has 1 aromatic rings. The third kappa shape index (κ3) is 4.17. The standard InChI is InChI=1S/C13H14O3/c1-10(14)13(16)9-12(15)8-7-11-5-3-2-4-6-11/h2-6H,7-9H2,1H3. The van der Waals surface area contributed by atoms with Crippen LogP contribution < -0.4 is 0 Å². The summed E-state index contributed by atoms with van der Waals surface area (Å²) in [5, 5.41) is 0. The molecule has 0 atom stereocenters. The zero-order valence-corrected chi connectivity index (χ0v) is 9.23. The predicted molar refractivity (Wildman–Crippen MR) is 60.1 cm³/mol. The van der Waals surface area contributed by atoms with Crippen LogP contribution in [-0.4, -0.2) is 17.3 Å². The number of ketones is 3. The third-order valence-corrected chi connectivity index (χ3v) is 2.29. The second kappa shape index (κ2) is 5.95. The van der Waals surface area contributed by atoms with Crippen LogP contribution in [0.2, 0.25) is 0 Å². The van der Waals surface area contributed by atoms with E-state index in [1.165, 1.54) is 6.92 Å². The molecule has 0 N–H and O–H groups in total. The van der Waals surface area contributed by atoms with E-state index in [2.05, 4.69) is 0 Å². The van der Waals surface area contributed by atoms with Crippen molar-refractivity contribution in [2.45, 2.75) is 26.2 Å². The molecule has 0 aliphatic carbocycles. The number of benzene rings is 1. The van der Waals surface area contributed by atoms with Gasteiger partial charge in [-0.05, 0) is 12.0 Å². The molecule has 0 aromatic heterocycles. The van der Waals surface area contributed by atoms with Gasteiger partial charge < -0.3 is 0 Å². The van der Waals surface area contributed by atoms with Crippen LogP contribution in [0, 0.1) is 0 Å². The maximum Gasteiger partial charge on any atom is 0.205 e. The van der Waals surface area contributed by atoms with Crippen LogP contribution in [0.1, 0.15) is 25.3 Å². The highest BCUT2D eigenvalue weighted by molar-refractivity contribution is 6.39. The predicted octanol–water partition coefficient (Wildman–Crippen LogP) is 1.74. The van der Waals surface area contributed by atoms with E-state index in [0.29, 0.717) is 12.8 Å². The summed E-state index contributed by atoms with van der Waals surface area (Å²) in [6.45, 7) is 1.19. The second-order valence-corrected chi connectivity index (χ2v) is 3.68. The molecule has 0 fully saturated rings. The Morgan fingerprint density at radius 1 is 1.06 bits per heavy atom. The molecule has 16 heavy (non-hydrogen) atoms. The summed E-state index contributed by atoms with van der Waals surface area (Å²) in [6.07, 6.45) is 0.663. The number of rotatable bonds is 6. The summed E-state index contributed by atoms with van der Waals surface area (Å²) in [5.41, 5.74) is 1.06. The highest BCUT2D eigenvalue weighted by Gasteiger charge is 2.13. The van der Waals surface area contributed by atoms with Crippen LogP contribution in [0.25, 0.3) is 0 Å². The van der Waals surface area contributed by atoms with Gasteiger partial charge in [-0.15, -0.1) is 0 Å². The van der Waals surface area contributed by atoms with Crippen LogP contribution in [0.3, 0.4) is 0 Å². The topological polar surface area (TPSA) is 51.2 Å². The van der Waals surface area contributed by atoms with E-state index in [-0.39, 0.29) is 12.2 Å². The summed E-state index contributed by atoms with van der Waals surface area (Å²) in [6, 6.07) is 9.58. The minimum absolute atomic E-state index is 0.177. The lowest BCUT2D eigenvalue weighted by Gasteiger charge is -1.99. The summed E-state index contributed by atoms with van der Waals surface area (Å²) in [7, 11) is 0. The Kier molecular flexibility index (Phi) is 4.58. The van der Waals surface area contributed by atoms with E-state index in [1.54, 1.807) is 0 Å². The number of carbonyl (C=O) groups excluding carboxylic acids is 3. The molecule has 84 valence electrons. The number of aryl methyl sites for hydroxylation is 1. The van der Waals surface area contributed by atoms with E-state index < -0.39 is 11.6 Å². The summed E-state index contributed by atoms with van der Waals surface area (Å²) in [5.74, 6) is -1.32. The van der Waals surface area contributed by atoms with Gasteiger partial charge in [-0.25, -0.2) is 0 Å². The zero-order valence-electron chi connectivity index (χ0n) is 9.23. The van der Waals surface area contributed by atoms with Gasteiger partial charge in [-0.2, -0.15) is 0 Å². The van der Waals surface area contributed by atoms with Crippen LogP contribution >= 0.6 is 0 Å². The molecule has 0 bridgehead atoms. The molecule has 0 saturated heterocycles. The Labute approximate surface area is 94.5 Å². The van der Waals surface area contributed by atoms with Crippen LogP contribution in [-0.2, 0) is 20.8 Å². The van der Waals surface area contributed by atoms with E-state index >= 15 is 0 Å². The smallest absolute Gasteiger partial charge is 0.205 e. The molecule has 0 aliphatic rings. The van der Waals surface area contributed by atoms with E-state index in [0.717, 1.165) is 5.56 Å². The Bertz CT molecular complexity index is 393. The Morgan fingerprint density at radius 2 is 1.69 bits per heavy atom. The lowest BCUT2D eigenvalue weighted by molar-refractivity contribution is -0.137. The lowest BCUT2D eigenvalue weighted by Crippen LogP contribution is -2.15. The Hall–Kier alpha value is -1.77. The van der Waals surface area contributed by atoms with Crippen molar-refractivity contribution < 1.29 is 14.4 Å². The average Bonchev–Trinajstić information content (AvgIpc) is 2.27. The molecule has 3 heteroatoms. The van der Waals surface area contributed by atoms with Crippen molar-refractivity contribution in [2.75, 3.05) is 0 Å². The van der Waals surface area contributed by atoms with Gasteiger partial charge in [0.2, 0.25) is 5.78 Å². The van der Waals surface area contributed by atoms with Gasteiger partial charge in [0, 0.05) is 13.3 Å². The molecule has 0 amide bonds.